The van der Waals surface area contributed by atoms with Gasteiger partial charge in [-0.3, -0.25) is 4.90 Å². The summed E-state index contributed by atoms with van der Waals surface area (Å²) in [4.78, 5) is 24.0. The van der Waals surface area contributed by atoms with E-state index in [1.54, 1.807) is 31.2 Å². The van der Waals surface area contributed by atoms with E-state index < -0.39 is 18.0 Å². The number of nitrogens with one attached hydrogen (secondary N) is 1. The molecule has 100 valence electrons. The first-order valence-corrected chi connectivity index (χ1v) is 5.77. The van der Waals surface area contributed by atoms with Gasteiger partial charge in [-0.1, -0.05) is 19.1 Å². The molecule has 0 bridgehead atoms. The highest BCUT2D eigenvalue weighted by atomic mass is 16.4. The van der Waals surface area contributed by atoms with E-state index in [1.807, 2.05) is 6.07 Å². The molecule has 2 amide bonds. The van der Waals surface area contributed by atoms with E-state index in [1.165, 1.54) is 11.9 Å². The molecule has 0 heterocycles. The number of aliphatic carboxylic acids is 1. The van der Waals surface area contributed by atoms with E-state index >= 15 is 0 Å². The number of nitriles is 1. The van der Waals surface area contributed by atoms with Gasteiger partial charge in [-0.15, -0.1) is 0 Å². The molecule has 0 saturated carbocycles. The maximum Gasteiger partial charge on any atom is 0.326 e. The number of hydrogen-bond donors (Lipinski definition) is 2. The van der Waals surface area contributed by atoms with E-state index in [0.29, 0.717) is 11.3 Å². The second kappa shape index (κ2) is 6.40. The number of hydrogen-bond acceptors (Lipinski definition) is 3. The van der Waals surface area contributed by atoms with Gasteiger partial charge in [0.1, 0.15) is 12.1 Å². The fraction of sp³-hybridized carbons (Fsp3) is 0.308. The highest BCUT2D eigenvalue weighted by Gasteiger charge is 2.21. The van der Waals surface area contributed by atoms with Crippen LogP contribution in [0.15, 0.2) is 24.3 Å². The van der Waals surface area contributed by atoms with Crippen LogP contribution < -0.4 is 10.2 Å². The van der Waals surface area contributed by atoms with Crippen molar-refractivity contribution in [3.8, 4) is 6.07 Å². The van der Waals surface area contributed by atoms with Crippen molar-refractivity contribution in [1.29, 1.82) is 5.26 Å². The second-order valence-corrected chi connectivity index (χ2v) is 3.94. The molecule has 19 heavy (non-hydrogen) atoms. The third kappa shape index (κ3) is 3.45. The van der Waals surface area contributed by atoms with Gasteiger partial charge in [0.15, 0.2) is 0 Å². The predicted octanol–water partition coefficient (Wildman–Crippen LogP) is 1.57. The Balaban J connectivity index is 2.88. The van der Waals surface area contributed by atoms with Crippen molar-refractivity contribution in [1.82, 2.24) is 5.32 Å². The molecule has 6 nitrogen and oxygen atoms in total. The molecule has 1 atom stereocenters. The predicted molar refractivity (Wildman–Crippen MR) is 69.8 cm³/mol. The lowest BCUT2D eigenvalue weighted by Gasteiger charge is -2.21. The van der Waals surface area contributed by atoms with Crippen LogP contribution in [0, 0.1) is 11.3 Å². The first-order chi connectivity index (χ1) is 9.01. The van der Waals surface area contributed by atoms with E-state index in [4.69, 9.17) is 10.4 Å². The Labute approximate surface area is 111 Å². The standard InChI is InChI=1S/C13H15N3O3/c1-3-10(12(17)18)15-13(19)16(2)11-7-5-4-6-9(11)8-14/h4-7,10H,3H2,1-2H3,(H,15,19)(H,17,18)/t10-/m0/s1. The molecule has 2 N–H and O–H groups in total. The van der Waals surface area contributed by atoms with Gasteiger partial charge in [-0.25, -0.2) is 9.59 Å². The number of nitrogens with zero attached hydrogens (tertiary/aromatic N) is 2. The molecule has 0 unspecified atom stereocenters. The molecule has 0 aliphatic carbocycles. The molecule has 0 aliphatic heterocycles. The first kappa shape index (κ1) is 14.5. The summed E-state index contributed by atoms with van der Waals surface area (Å²) in [5.74, 6) is -1.09. The summed E-state index contributed by atoms with van der Waals surface area (Å²) in [5.41, 5.74) is 0.784. The smallest absolute Gasteiger partial charge is 0.326 e. The number of carbonyl (C=O) groups is 2. The zero-order valence-electron chi connectivity index (χ0n) is 10.8. The van der Waals surface area contributed by atoms with Gasteiger partial charge >= 0.3 is 12.0 Å². The maximum absolute atomic E-state index is 11.9. The van der Waals surface area contributed by atoms with Crippen LogP contribution in [-0.2, 0) is 4.79 Å². The average molecular weight is 261 g/mol. The molecule has 0 aromatic heterocycles. The number of carboxylic acid groups (broad SMARTS) is 1. The number of urea groups is 1. The molecule has 0 aliphatic rings. The number of benzene rings is 1. The van der Waals surface area contributed by atoms with Gasteiger partial charge in [0.2, 0.25) is 0 Å². The maximum atomic E-state index is 11.9. The summed E-state index contributed by atoms with van der Waals surface area (Å²) in [6.45, 7) is 1.67. The Bertz CT molecular complexity index is 522. The summed E-state index contributed by atoms with van der Waals surface area (Å²) in [7, 11) is 1.49. The average Bonchev–Trinajstić information content (AvgIpc) is 2.43. The van der Waals surface area contributed by atoms with Crippen molar-refractivity contribution in [3.05, 3.63) is 29.8 Å². The van der Waals surface area contributed by atoms with Gasteiger partial charge < -0.3 is 10.4 Å². The normalized spacial score (nSPS) is 11.2. The third-order valence-corrected chi connectivity index (χ3v) is 2.69. The van der Waals surface area contributed by atoms with Crippen molar-refractivity contribution in [2.24, 2.45) is 0 Å². The Morgan fingerprint density at radius 1 is 1.47 bits per heavy atom. The second-order valence-electron chi connectivity index (χ2n) is 3.94. The van der Waals surface area contributed by atoms with Gasteiger partial charge in [0.05, 0.1) is 11.3 Å². The number of carbonyl (C=O) groups excluding carboxylic acids is 1. The van der Waals surface area contributed by atoms with Crippen molar-refractivity contribution >= 4 is 17.7 Å². The minimum absolute atomic E-state index is 0.287. The van der Waals surface area contributed by atoms with Crippen LogP contribution in [0.5, 0.6) is 0 Å². The molecule has 1 aromatic carbocycles. The van der Waals surface area contributed by atoms with Gasteiger partial charge in [-0.05, 0) is 18.6 Å². The fourth-order valence-electron chi connectivity index (χ4n) is 1.55. The SMILES string of the molecule is CC[C@H](NC(=O)N(C)c1ccccc1C#N)C(=O)O. The lowest BCUT2D eigenvalue weighted by molar-refractivity contribution is -0.139. The van der Waals surface area contributed by atoms with Crippen LogP contribution in [0.25, 0.3) is 0 Å². The summed E-state index contributed by atoms with van der Waals surface area (Å²) in [6.07, 6.45) is 0.287. The number of rotatable bonds is 4. The van der Waals surface area contributed by atoms with Crippen LogP contribution in [0.3, 0.4) is 0 Å². The quantitative estimate of drug-likeness (QED) is 0.860. The third-order valence-electron chi connectivity index (χ3n) is 2.69. The Morgan fingerprint density at radius 2 is 2.11 bits per heavy atom. The Hall–Kier alpha value is -2.55. The monoisotopic (exact) mass is 261 g/mol. The fourth-order valence-corrected chi connectivity index (χ4v) is 1.55. The van der Waals surface area contributed by atoms with Crippen LogP contribution in [0.2, 0.25) is 0 Å². The summed E-state index contributed by atoms with van der Waals surface area (Å²) in [6, 6.07) is 7.10. The topological polar surface area (TPSA) is 93.4 Å². The highest BCUT2D eigenvalue weighted by molar-refractivity contribution is 5.95. The van der Waals surface area contributed by atoms with Crippen molar-refractivity contribution in [3.63, 3.8) is 0 Å². The molecule has 1 aromatic rings. The molecular formula is C13H15N3O3. The number of para-hydroxylation sites is 1. The molecular weight excluding hydrogens is 246 g/mol. The van der Waals surface area contributed by atoms with Gasteiger partial charge in [-0.2, -0.15) is 5.26 Å². The number of amides is 2. The van der Waals surface area contributed by atoms with E-state index in [9.17, 15) is 9.59 Å². The lowest BCUT2D eigenvalue weighted by Crippen LogP contribution is -2.46. The number of carboxylic acids is 1. The summed E-state index contributed by atoms with van der Waals surface area (Å²) < 4.78 is 0. The Morgan fingerprint density at radius 3 is 2.63 bits per heavy atom. The van der Waals surface area contributed by atoms with Gasteiger partial charge in [0.25, 0.3) is 0 Å². The van der Waals surface area contributed by atoms with Crippen molar-refractivity contribution in [2.75, 3.05) is 11.9 Å². The van der Waals surface area contributed by atoms with Crippen molar-refractivity contribution < 1.29 is 14.7 Å². The summed E-state index contributed by atoms with van der Waals surface area (Å²) in [5, 5.41) is 20.2. The lowest BCUT2D eigenvalue weighted by atomic mass is 10.2. The zero-order chi connectivity index (χ0) is 14.4. The van der Waals surface area contributed by atoms with Crippen LogP contribution >= 0.6 is 0 Å². The van der Waals surface area contributed by atoms with Crippen LogP contribution in [0.4, 0.5) is 10.5 Å². The molecule has 0 radical (unpaired) electrons. The van der Waals surface area contributed by atoms with Crippen molar-refractivity contribution in [2.45, 2.75) is 19.4 Å². The molecule has 0 spiro atoms. The minimum atomic E-state index is -1.09. The molecule has 6 heteroatoms. The molecule has 1 rings (SSSR count). The summed E-state index contributed by atoms with van der Waals surface area (Å²) >= 11 is 0. The van der Waals surface area contributed by atoms with E-state index in [0.717, 1.165) is 0 Å². The number of anilines is 1. The molecule has 0 saturated heterocycles. The van der Waals surface area contributed by atoms with E-state index in [-0.39, 0.29) is 6.42 Å². The first-order valence-electron chi connectivity index (χ1n) is 5.77. The Kier molecular flexibility index (Phi) is 4.89. The van der Waals surface area contributed by atoms with E-state index in [2.05, 4.69) is 5.32 Å². The van der Waals surface area contributed by atoms with Crippen LogP contribution in [-0.4, -0.2) is 30.2 Å². The zero-order valence-corrected chi connectivity index (χ0v) is 10.8. The molecule has 0 fully saturated rings. The minimum Gasteiger partial charge on any atom is -0.480 e. The van der Waals surface area contributed by atoms with Gasteiger partial charge in [0, 0.05) is 7.05 Å². The largest absolute Gasteiger partial charge is 0.480 e. The van der Waals surface area contributed by atoms with Crippen LogP contribution in [0.1, 0.15) is 18.9 Å². The highest BCUT2D eigenvalue weighted by Crippen LogP contribution is 2.18.